The Kier molecular flexibility index (Phi) is 4.05. The highest BCUT2D eigenvalue weighted by Gasteiger charge is 2.38. The zero-order valence-corrected chi connectivity index (χ0v) is 11.8. The Morgan fingerprint density at radius 1 is 1.35 bits per heavy atom. The van der Waals surface area contributed by atoms with E-state index in [9.17, 15) is 9.90 Å². The molecule has 3 atom stereocenters. The first-order chi connectivity index (χ1) is 9.75. The van der Waals surface area contributed by atoms with Crippen LogP contribution in [0.1, 0.15) is 44.2 Å². The summed E-state index contributed by atoms with van der Waals surface area (Å²) in [6, 6.07) is 2.08. The predicted molar refractivity (Wildman–Crippen MR) is 75.0 cm³/mol. The number of carbonyl (C=O) groups is 1. The quantitative estimate of drug-likeness (QED) is 0.879. The van der Waals surface area contributed by atoms with Crippen molar-refractivity contribution in [2.45, 2.75) is 57.1 Å². The second-order valence-corrected chi connectivity index (χ2v) is 6.07. The molecule has 0 spiro atoms. The summed E-state index contributed by atoms with van der Waals surface area (Å²) in [6.45, 7) is 0.834. The van der Waals surface area contributed by atoms with Gasteiger partial charge in [0.1, 0.15) is 0 Å². The second kappa shape index (κ2) is 5.95. The molecule has 2 N–H and O–H groups in total. The summed E-state index contributed by atoms with van der Waals surface area (Å²) >= 11 is 0. The van der Waals surface area contributed by atoms with Gasteiger partial charge in [0.05, 0.1) is 12.5 Å². The van der Waals surface area contributed by atoms with Gasteiger partial charge in [0, 0.05) is 30.4 Å². The van der Waals surface area contributed by atoms with Crippen LogP contribution >= 0.6 is 0 Å². The normalized spacial score (nSPS) is 30.6. The van der Waals surface area contributed by atoms with Gasteiger partial charge in [0.15, 0.2) is 0 Å². The monoisotopic (exact) mass is 277 g/mol. The lowest BCUT2D eigenvalue weighted by Crippen LogP contribution is -2.45. The van der Waals surface area contributed by atoms with Crippen LogP contribution in [0.4, 0.5) is 0 Å². The number of likely N-dealkylation sites (tertiary alicyclic amines) is 1. The molecule has 2 aliphatic rings. The SMILES string of the molecule is O=C(Cc1ccn[nH]1)N1CCC[C@@H]1[C@H]1CCCC[C@H]1O. The highest BCUT2D eigenvalue weighted by Crippen LogP contribution is 2.34. The van der Waals surface area contributed by atoms with Crippen molar-refractivity contribution in [1.29, 1.82) is 0 Å². The van der Waals surface area contributed by atoms with Crippen molar-refractivity contribution in [3.8, 4) is 0 Å². The summed E-state index contributed by atoms with van der Waals surface area (Å²) in [5, 5.41) is 17.0. The number of hydrogen-bond acceptors (Lipinski definition) is 3. The molecule has 1 aliphatic carbocycles. The van der Waals surface area contributed by atoms with Crippen LogP contribution in [0, 0.1) is 5.92 Å². The molecule has 0 radical (unpaired) electrons. The van der Waals surface area contributed by atoms with Crippen molar-refractivity contribution in [2.75, 3.05) is 6.54 Å². The lowest BCUT2D eigenvalue weighted by Gasteiger charge is -2.37. The highest BCUT2D eigenvalue weighted by atomic mass is 16.3. The van der Waals surface area contributed by atoms with E-state index in [1.54, 1.807) is 6.20 Å². The summed E-state index contributed by atoms with van der Waals surface area (Å²) in [6.07, 6.45) is 8.18. The molecule has 5 heteroatoms. The Morgan fingerprint density at radius 3 is 2.95 bits per heavy atom. The molecule has 1 aliphatic heterocycles. The minimum absolute atomic E-state index is 0.162. The van der Waals surface area contributed by atoms with Crippen LogP contribution in [-0.2, 0) is 11.2 Å². The van der Waals surface area contributed by atoms with Crippen LogP contribution in [0.5, 0.6) is 0 Å². The van der Waals surface area contributed by atoms with Gasteiger partial charge < -0.3 is 10.0 Å². The average molecular weight is 277 g/mol. The number of rotatable bonds is 3. The number of aliphatic hydroxyl groups is 1. The first kappa shape index (κ1) is 13.6. The summed E-state index contributed by atoms with van der Waals surface area (Å²) in [5.74, 6) is 0.437. The zero-order chi connectivity index (χ0) is 13.9. The van der Waals surface area contributed by atoms with Crippen LogP contribution in [0.3, 0.4) is 0 Å². The van der Waals surface area contributed by atoms with Crippen molar-refractivity contribution in [2.24, 2.45) is 5.92 Å². The molecule has 110 valence electrons. The molecular weight excluding hydrogens is 254 g/mol. The van der Waals surface area contributed by atoms with Gasteiger partial charge in [-0.2, -0.15) is 5.10 Å². The fourth-order valence-corrected chi connectivity index (χ4v) is 3.78. The zero-order valence-electron chi connectivity index (χ0n) is 11.8. The fraction of sp³-hybridized carbons (Fsp3) is 0.733. The van der Waals surface area contributed by atoms with Crippen molar-refractivity contribution in [1.82, 2.24) is 15.1 Å². The van der Waals surface area contributed by atoms with Gasteiger partial charge in [-0.3, -0.25) is 9.89 Å². The molecule has 0 bridgehead atoms. The fourth-order valence-electron chi connectivity index (χ4n) is 3.78. The van der Waals surface area contributed by atoms with Gasteiger partial charge in [-0.1, -0.05) is 12.8 Å². The molecule has 1 saturated heterocycles. The molecule has 2 heterocycles. The smallest absolute Gasteiger partial charge is 0.228 e. The average Bonchev–Trinajstić information content (AvgIpc) is 3.09. The van der Waals surface area contributed by atoms with E-state index in [-0.39, 0.29) is 24.0 Å². The van der Waals surface area contributed by atoms with E-state index in [4.69, 9.17) is 0 Å². The number of aromatic nitrogens is 2. The van der Waals surface area contributed by atoms with Crippen molar-refractivity contribution in [3.63, 3.8) is 0 Å². The lowest BCUT2D eigenvalue weighted by molar-refractivity contribution is -0.133. The van der Waals surface area contributed by atoms with E-state index in [1.807, 2.05) is 11.0 Å². The number of amides is 1. The molecule has 1 amide bonds. The van der Waals surface area contributed by atoms with E-state index in [2.05, 4.69) is 10.2 Å². The molecule has 1 aromatic heterocycles. The number of nitrogens with zero attached hydrogens (tertiary/aromatic N) is 2. The highest BCUT2D eigenvalue weighted by molar-refractivity contribution is 5.79. The Hall–Kier alpha value is -1.36. The van der Waals surface area contributed by atoms with Gasteiger partial charge in [0.2, 0.25) is 5.91 Å². The maximum Gasteiger partial charge on any atom is 0.228 e. The first-order valence-electron chi connectivity index (χ1n) is 7.71. The summed E-state index contributed by atoms with van der Waals surface area (Å²) in [4.78, 5) is 14.5. The standard InChI is InChI=1S/C15H23N3O2/c19-14-6-2-1-4-12(14)13-5-3-9-18(13)15(20)10-11-7-8-16-17-11/h7-8,12-14,19H,1-6,9-10H2,(H,16,17)/t12-,13-,14-/m1/s1. The van der Waals surface area contributed by atoms with Crippen LogP contribution in [0.25, 0.3) is 0 Å². The van der Waals surface area contributed by atoms with Gasteiger partial charge in [0.25, 0.3) is 0 Å². The van der Waals surface area contributed by atoms with E-state index in [0.717, 1.165) is 44.3 Å². The molecule has 1 aromatic rings. The van der Waals surface area contributed by atoms with Crippen molar-refractivity contribution < 1.29 is 9.90 Å². The van der Waals surface area contributed by atoms with Gasteiger partial charge in [-0.25, -0.2) is 0 Å². The molecule has 1 saturated carbocycles. The Bertz CT molecular complexity index is 446. The third kappa shape index (κ3) is 2.73. The number of hydrogen-bond donors (Lipinski definition) is 2. The van der Waals surface area contributed by atoms with E-state index >= 15 is 0 Å². The Labute approximate surface area is 119 Å². The predicted octanol–water partition coefficient (Wildman–Crippen LogP) is 1.49. The number of H-pyrrole nitrogens is 1. The number of aliphatic hydroxyl groups excluding tert-OH is 1. The minimum Gasteiger partial charge on any atom is -0.393 e. The Balaban J connectivity index is 1.66. The molecule has 5 nitrogen and oxygen atoms in total. The number of carbonyl (C=O) groups excluding carboxylic acids is 1. The molecule has 0 unspecified atom stereocenters. The van der Waals surface area contributed by atoms with Crippen molar-refractivity contribution in [3.05, 3.63) is 18.0 Å². The molecule has 2 fully saturated rings. The van der Waals surface area contributed by atoms with Crippen LogP contribution in [0.15, 0.2) is 12.3 Å². The van der Waals surface area contributed by atoms with Crippen LogP contribution in [0.2, 0.25) is 0 Å². The van der Waals surface area contributed by atoms with Gasteiger partial charge in [-0.15, -0.1) is 0 Å². The van der Waals surface area contributed by atoms with E-state index in [0.29, 0.717) is 6.42 Å². The number of aromatic amines is 1. The molecule has 20 heavy (non-hydrogen) atoms. The first-order valence-corrected chi connectivity index (χ1v) is 7.71. The van der Waals surface area contributed by atoms with Crippen LogP contribution in [-0.4, -0.2) is 44.8 Å². The minimum atomic E-state index is -0.227. The molecule has 3 rings (SSSR count). The third-order valence-corrected chi connectivity index (χ3v) is 4.80. The summed E-state index contributed by atoms with van der Waals surface area (Å²) in [5.41, 5.74) is 0.866. The maximum atomic E-state index is 12.5. The molecule has 0 aromatic carbocycles. The largest absolute Gasteiger partial charge is 0.393 e. The van der Waals surface area contributed by atoms with Gasteiger partial charge >= 0.3 is 0 Å². The van der Waals surface area contributed by atoms with E-state index < -0.39 is 0 Å². The summed E-state index contributed by atoms with van der Waals surface area (Å²) in [7, 11) is 0. The maximum absolute atomic E-state index is 12.5. The van der Waals surface area contributed by atoms with Gasteiger partial charge in [-0.05, 0) is 31.7 Å². The Morgan fingerprint density at radius 2 is 2.20 bits per heavy atom. The summed E-state index contributed by atoms with van der Waals surface area (Å²) < 4.78 is 0. The third-order valence-electron chi connectivity index (χ3n) is 4.80. The molecular formula is C15H23N3O2. The number of nitrogens with one attached hydrogen (secondary N) is 1. The van der Waals surface area contributed by atoms with Crippen molar-refractivity contribution >= 4 is 5.91 Å². The van der Waals surface area contributed by atoms with E-state index in [1.165, 1.54) is 6.42 Å². The second-order valence-electron chi connectivity index (χ2n) is 6.07. The lowest BCUT2D eigenvalue weighted by atomic mass is 9.80. The van der Waals surface area contributed by atoms with Crippen LogP contribution < -0.4 is 0 Å². The topological polar surface area (TPSA) is 69.2 Å².